The van der Waals surface area contributed by atoms with Gasteiger partial charge in [-0.25, -0.2) is 17.2 Å². The standard InChI is InChI=1S/C20H14F2N2O6S/c21-13-1-10-19(18(22)11-13)30-12-20(25)23-14-2-6-16(7-3-14)31(28,29)17-8-4-15(5-9-17)24(26)27/h1-11H,12H2,(H,23,25). The lowest BCUT2D eigenvalue weighted by atomic mass is 10.3. The number of nitrogens with one attached hydrogen (secondary N) is 1. The van der Waals surface area contributed by atoms with Gasteiger partial charge < -0.3 is 10.1 Å². The normalized spacial score (nSPS) is 11.0. The molecule has 0 aromatic heterocycles. The van der Waals surface area contributed by atoms with Crippen LogP contribution in [-0.4, -0.2) is 25.9 Å². The lowest BCUT2D eigenvalue weighted by Crippen LogP contribution is -2.20. The largest absolute Gasteiger partial charge is 0.481 e. The average molecular weight is 448 g/mol. The number of sulfone groups is 1. The minimum absolute atomic E-state index is 0.0796. The number of nitro benzene ring substituents is 1. The zero-order valence-corrected chi connectivity index (χ0v) is 16.4. The van der Waals surface area contributed by atoms with Crippen LogP contribution in [0, 0.1) is 21.7 Å². The maximum absolute atomic E-state index is 13.5. The molecule has 0 bridgehead atoms. The van der Waals surface area contributed by atoms with E-state index in [1.807, 2.05) is 0 Å². The van der Waals surface area contributed by atoms with Gasteiger partial charge in [0.05, 0.1) is 14.7 Å². The van der Waals surface area contributed by atoms with Crippen LogP contribution in [0.4, 0.5) is 20.2 Å². The summed E-state index contributed by atoms with van der Waals surface area (Å²) >= 11 is 0. The van der Waals surface area contributed by atoms with Crippen molar-refractivity contribution in [1.29, 1.82) is 0 Å². The number of nitrogens with zero attached hydrogens (tertiary/aromatic N) is 1. The molecule has 3 aromatic rings. The number of benzene rings is 3. The first-order valence-corrected chi connectivity index (χ1v) is 10.1. The van der Waals surface area contributed by atoms with Crippen LogP contribution in [0.15, 0.2) is 76.5 Å². The minimum atomic E-state index is -3.91. The molecule has 0 aliphatic carbocycles. The highest BCUT2D eigenvalue weighted by atomic mass is 32.2. The number of non-ortho nitro benzene ring substituents is 1. The summed E-state index contributed by atoms with van der Waals surface area (Å²) in [6.07, 6.45) is 0. The van der Waals surface area contributed by atoms with E-state index in [-0.39, 0.29) is 26.9 Å². The lowest BCUT2D eigenvalue weighted by Gasteiger charge is -2.09. The molecule has 0 saturated heterocycles. The van der Waals surface area contributed by atoms with E-state index < -0.39 is 38.9 Å². The van der Waals surface area contributed by atoms with Gasteiger partial charge in [-0.2, -0.15) is 0 Å². The van der Waals surface area contributed by atoms with Gasteiger partial charge in [0.2, 0.25) is 9.84 Å². The number of hydrogen-bond acceptors (Lipinski definition) is 6. The quantitative estimate of drug-likeness (QED) is 0.435. The lowest BCUT2D eigenvalue weighted by molar-refractivity contribution is -0.384. The summed E-state index contributed by atoms with van der Waals surface area (Å²) in [5.74, 6) is -2.66. The summed E-state index contributed by atoms with van der Waals surface area (Å²) in [5, 5.41) is 13.1. The third-order valence-corrected chi connectivity index (χ3v) is 5.84. The first-order chi connectivity index (χ1) is 14.7. The molecule has 0 spiro atoms. The monoisotopic (exact) mass is 448 g/mol. The molecule has 3 aromatic carbocycles. The van der Waals surface area contributed by atoms with Gasteiger partial charge in [-0.15, -0.1) is 0 Å². The highest BCUT2D eigenvalue weighted by Gasteiger charge is 2.19. The van der Waals surface area contributed by atoms with Crippen molar-refractivity contribution in [2.45, 2.75) is 9.79 Å². The summed E-state index contributed by atoms with van der Waals surface area (Å²) in [6.45, 7) is -0.550. The Bertz CT molecular complexity index is 1230. The number of carbonyl (C=O) groups excluding carboxylic acids is 1. The average Bonchev–Trinajstić information content (AvgIpc) is 2.73. The Morgan fingerprint density at radius 1 is 0.968 bits per heavy atom. The molecule has 0 atom stereocenters. The highest BCUT2D eigenvalue weighted by molar-refractivity contribution is 7.91. The second-order valence-corrected chi connectivity index (χ2v) is 8.14. The molecule has 0 radical (unpaired) electrons. The Hall–Kier alpha value is -3.86. The van der Waals surface area contributed by atoms with Crippen LogP contribution in [0.5, 0.6) is 5.75 Å². The maximum Gasteiger partial charge on any atom is 0.269 e. The molecular formula is C20H14F2N2O6S. The summed E-state index contributed by atoms with van der Waals surface area (Å²) in [5.41, 5.74) is 0.0237. The molecule has 3 rings (SSSR count). The molecule has 0 heterocycles. The fraction of sp³-hybridized carbons (Fsp3) is 0.0500. The Balaban J connectivity index is 1.65. The number of rotatable bonds is 7. The maximum atomic E-state index is 13.5. The van der Waals surface area contributed by atoms with Crippen LogP contribution >= 0.6 is 0 Å². The van der Waals surface area contributed by atoms with Crippen LogP contribution in [-0.2, 0) is 14.6 Å². The van der Waals surface area contributed by atoms with Crippen molar-refractivity contribution in [2.24, 2.45) is 0 Å². The van der Waals surface area contributed by atoms with Crippen LogP contribution in [0.25, 0.3) is 0 Å². The molecule has 8 nitrogen and oxygen atoms in total. The number of halogens is 2. The summed E-state index contributed by atoms with van der Waals surface area (Å²) in [6, 6.07) is 12.3. The summed E-state index contributed by atoms with van der Waals surface area (Å²) in [7, 11) is -3.91. The Labute approximate surface area is 175 Å². The number of ether oxygens (including phenoxy) is 1. The fourth-order valence-electron chi connectivity index (χ4n) is 2.53. The van der Waals surface area contributed by atoms with Crippen molar-refractivity contribution < 1.29 is 31.7 Å². The second-order valence-electron chi connectivity index (χ2n) is 6.19. The van der Waals surface area contributed by atoms with Gasteiger partial charge in [-0.1, -0.05) is 0 Å². The van der Waals surface area contributed by atoms with Crippen molar-refractivity contribution in [1.82, 2.24) is 0 Å². The smallest absolute Gasteiger partial charge is 0.269 e. The van der Waals surface area contributed by atoms with E-state index >= 15 is 0 Å². The first-order valence-electron chi connectivity index (χ1n) is 8.64. The van der Waals surface area contributed by atoms with Gasteiger partial charge in [-0.05, 0) is 48.5 Å². The van der Waals surface area contributed by atoms with Crippen LogP contribution in [0.1, 0.15) is 0 Å². The Kier molecular flexibility index (Phi) is 6.25. The van der Waals surface area contributed by atoms with Gasteiger partial charge in [0.15, 0.2) is 18.2 Å². The van der Waals surface area contributed by atoms with Crippen LogP contribution in [0.2, 0.25) is 0 Å². The zero-order valence-electron chi connectivity index (χ0n) is 15.6. The van der Waals surface area contributed by atoms with Crippen molar-refractivity contribution in [2.75, 3.05) is 11.9 Å². The van der Waals surface area contributed by atoms with E-state index in [1.165, 1.54) is 24.3 Å². The molecule has 31 heavy (non-hydrogen) atoms. The van der Waals surface area contributed by atoms with Gasteiger partial charge in [0.1, 0.15) is 5.82 Å². The van der Waals surface area contributed by atoms with E-state index in [2.05, 4.69) is 5.32 Å². The van der Waals surface area contributed by atoms with Crippen molar-refractivity contribution in [3.63, 3.8) is 0 Å². The van der Waals surface area contributed by atoms with E-state index in [1.54, 1.807) is 0 Å². The third kappa shape index (κ3) is 5.20. The molecule has 0 aliphatic rings. The van der Waals surface area contributed by atoms with Gasteiger partial charge in [0.25, 0.3) is 11.6 Å². The second kappa shape index (κ2) is 8.88. The van der Waals surface area contributed by atoms with Crippen molar-refractivity contribution in [3.05, 3.63) is 88.5 Å². The van der Waals surface area contributed by atoms with Crippen molar-refractivity contribution in [3.8, 4) is 5.75 Å². The van der Waals surface area contributed by atoms with Crippen LogP contribution in [0.3, 0.4) is 0 Å². The summed E-state index contributed by atoms with van der Waals surface area (Å²) in [4.78, 5) is 21.8. The number of nitro groups is 1. The van der Waals surface area contributed by atoms with Crippen molar-refractivity contribution >= 4 is 27.1 Å². The molecule has 1 N–H and O–H groups in total. The van der Waals surface area contributed by atoms with Gasteiger partial charge >= 0.3 is 0 Å². The Morgan fingerprint density at radius 3 is 2.10 bits per heavy atom. The Morgan fingerprint density at radius 2 is 1.55 bits per heavy atom. The highest BCUT2D eigenvalue weighted by Crippen LogP contribution is 2.24. The van der Waals surface area contributed by atoms with Gasteiger partial charge in [-0.3, -0.25) is 14.9 Å². The molecule has 0 fully saturated rings. The fourth-order valence-corrected chi connectivity index (χ4v) is 3.79. The third-order valence-electron chi connectivity index (χ3n) is 4.06. The molecule has 160 valence electrons. The number of carbonyl (C=O) groups is 1. The van der Waals surface area contributed by atoms with E-state index in [9.17, 15) is 32.1 Å². The van der Waals surface area contributed by atoms with Crippen LogP contribution < -0.4 is 10.1 Å². The number of anilines is 1. The molecule has 0 saturated carbocycles. The van der Waals surface area contributed by atoms with E-state index in [4.69, 9.17) is 4.74 Å². The minimum Gasteiger partial charge on any atom is -0.481 e. The first kappa shape index (κ1) is 21.8. The van der Waals surface area contributed by atoms with Gasteiger partial charge in [0, 0.05) is 23.9 Å². The zero-order chi connectivity index (χ0) is 22.6. The summed E-state index contributed by atoms with van der Waals surface area (Å²) < 4.78 is 56.6. The predicted octanol–water partition coefficient (Wildman–Crippen LogP) is 3.72. The predicted molar refractivity (Wildman–Crippen MR) is 105 cm³/mol. The SMILES string of the molecule is O=C(COc1ccc(F)cc1F)Nc1ccc(S(=O)(=O)c2ccc([N+](=O)[O-])cc2)cc1. The molecule has 0 unspecified atom stereocenters. The molecule has 11 heteroatoms. The number of hydrogen-bond donors (Lipinski definition) is 1. The van der Waals surface area contributed by atoms with E-state index in [0.717, 1.165) is 36.4 Å². The number of amides is 1. The topological polar surface area (TPSA) is 116 Å². The van der Waals surface area contributed by atoms with E-state index in [0.29, 0.717) is 6.07 Å². The molecule has 1 amide bonds. The molecule has 0 aliphatic heterocycles. The molecular weight excluding hydrogens is 434 g/mol.